The Morgan fingerprint density at radius 1 is 1.30 bits per heavy atom. The fourth-order valence-corrected chi connectivity index (χ4v) is 3.12. The maximum atomic E-state index is 14.2. The number of aromatic nitrogens is 2. The molecule has 0 bridgehead atoms. The zero-order valence-electron chi connectivity index (χ0n) is 12.1. The number of carbonyl (C=O) groups excluding carboxylic acids is 1. The van der Waals surface area contributed by atoms with E-state index in [9.17, 15) is 23.9 Å². The van der Waals surface area contributed by atoms with E-state index in [1.54, 1.807) is 0 Å². The molecule has 1 aliphatic carbocycles. The van der Waals surface area contributed by atoms with Gasteiger partial charge in [-0.3, -0.25) is 4.79 Å². The summed E-state index contributed by atoms with van der Waals surface area (Å²) in [6.07, 6.45) is 1.82. The minimum Gasteiger partial charge on any atom is -0.545 e. The topological polar surface area (TPSA) is 84.1 Å². The first-order valence-electron chi connectivity index (χ1n) is 6.87. The normalized spacial score (nSPS) is 13.2. The lowest BCUT2D eigenvalue weighted by Crippen LogP contribution is -2.41. The SMILES string of the molecule is Cn1c2c(c(=O)n(-c3cc(C(=O)[O-])c(Cl)cc3F)c1=O)CCC2. The van der Waals surface area contributed by atoms with Gasteiger partial charge in [0.25, 0.3) is 5.56 Å². The Labute approximate surface area is 134 Å². The Hall–Kier alpha value is -2.41. The second-order valence-corrected chi connectivity index (χ2v) is 5.74. The molecule has 6 nitrogen and oxygen atoms in total. The number of fused-ring (bicyclic) bond motifs is 1. The molecule has 0 amide bonds. The molecular weight excluding hydrogens is 327 g/mol. The quantitative estimate of drug-likeness (QED) is 0.782. The first kappa shape index (κ1) is 15.5. The van der Waals surface area contributed by atoms with Crippen molar-refractivity contribution in [1.29, 1.82) is 0 Å². The molecule has 0 aliphatic heterocycles. The second kappa shape index (κ2) is 5.34. The highest BCUT2D eigenvalue weighted by Gasteiger charge is 2.24. The average Bonchev–Trinajstić information content (AvgIpc) is 2.96. The maximum absolute atomic E-state index is 14.2. The third-order valence-electron chi connectivity index (χ3n) is 4.03. The molecule has 0 fully saturated rings. The molecule has 23 heavy (non-hydrogen) atoms. The molecule has 8 heteroatoms. The van der Waals surface area contributed by atoms with Gasteiger partial charge in [-0.05, 0) is 31.4 Å². The summed E-state index contributed by atoms with van der Waals surface area (Å²) < 4.78 is 16.1. The summed E-state index contributed by atoms with van der Waals surface area (Å²) in [4.78, 5) is 36.0. The molecule has 1 aromatic carbocycles. The number of carboxylic acid groups (broad SMARTS) is 1. The van der Waals surface area contributed by atoms with Crippen LogP contribution in [-0.4, -0.2) is 15.1 Å². The Morgan fingerprint density at radius 2 is 2.00 bits per heavy atom. The number of hydrogen-bond acceptors (Lipinski definition) is 4. The fourth-order valence-electron chi connectivity index (χ4n) is 2.89. The Balaban J connectivity index is 2.39. The van der Waals surface area contributed by atoms with Crippen LogP contribution in [0.4, 0.5) is 4.39 Å². The molecule has 1 aliphatic rings. The van der Waals surface area contributed by atoms with Crippen LogP contribution in [0.5, 0.6) is 0 Å². The van der Waals surface area contributed by atoms with E-state index in [4.69, 9.17) is 11.6 Å². The van der Waals surface area contributed by atoms with Crippen LogP contribution in [0.2, 0.25) is 5.02 Å². The van der Waals surface area contributed by atoms with Crippen molar-refractivity contribution >= 4 is 17.6 Å². The third kappa shape index (κ3) is 2.28. The predicted molar refractivity (Wildman–Crippen MR) is 78.6 cm³/mol. The molecule has 3 rings (SSSR count). The summed E-state index contributed by atoms with van der Waals surface area (Å²) in [6.45, 7) is 0. The Kier molecular flexibility index (Phi) is 3.60. The summed E-state index contributed by atoms with van der Waals surface area (Å²) in [5.41, 5.74) is -1.24. The van der Waals surface area contributed by atoms with E-state index in [-0.39, 0.29) is 5.02 Å². The van der Waals surface area contributed by atoms with Gasteiger partial charge in [-0.25, -0.2) is 13.8 Å². The number of carbonyl (C=O) groups is 1. The third-order valence-corrected chi connectivity index (χ3v) is 4.34. The smallest absolute Gasteiger partial charge is 0.335 e. The molecule has 0 saturated carbocycles. The van der Waals surface area contributed by atoms with Crippen molar-refractivity contribution in [2.75, 3.05) is 0 Å². The van der Waals surface area contributed by atoms with Gasteiger partial charge in [-0.15, -0.1) is 0 Å². The van der Waals surface area contributed by atoms with Gasteiger partial charge >= 0.3 is 5.69 Å². The van der Waals surface area contributed by atoms with Crippen molar-refractivity contribution in [1.82, 2.24) is 9.13 Å². The minimum absolute atomic E-state index is 0.364. The van der Waals surface area contributed by atoms with E-state index < -0.39 is 34.3 Å². The van der Waals surface area contributed by atoms with E-state index in [2.05, 4.69) is 0 Å². The zero-order valence-corrected chi connectivity index (χ0v) is 12.8. The number of nitrogens with zero attached hydrogens (tertiary/aromatic N) is 2. The lowest BCUT2D eigenvalue weighted by Gasteiger charge is -2.14. The van der Waals surface area contributed by atoms with Crippen molar-refractivity contribution in [3.05, 3.63) is 60.6 Å². The lowest BCUT2D eigenvalue weighted by atomic mass is 10.1. The Bertz CT molecular complexity index is 961. The number of hydrogen-bond donors (Lipinski definition) is 0. The molecule has 0 unspecified atom stereocenters. The molecule has 120 valence electrons. The lowest BCUT2D eigenvalue weighted by molar-refractivity contribution is -0.255. The van der Waals surface area contributed by atoms with Gasteiger partial charge in [0.2, 0.25) is 0 Å². The molecule has 0 saturated heterocycles. The van der Waals surface area contributed by atoms with E-state index in [1.807, 2.05) is 0 Å². The van der Waals surface area contributed by atoms with Gasteiger partial charge in [0.15, 0.2) is 0 Å². The van der Waals surface area contributed by atoms with E-state index in [0.29, 0.717) is 28.7 Å². The summed E-state index contributed by atoms with van der Waals surface area (Å²) in [5, 5.41) is 10.7. The average molecular weight is 338 g/mol. The van der Waals surface area contributed by atoms with Gasteiger partial charge in [0.05, 0.1) is 16.7 Å². The number of rotatable bonds is 2. The largest absolute Gasteiger partial charge is 0.545 e. The number of carboxylic acids is 1. The first-order chi connectivity index (χ1) is 10.8. The first-order valence-corrected chi connectivity index (χ1v) is 7.25. The molecule has 0 radical (unpaired) electrons. The van der Waals surface area contributed by atoms with Crippen LogP contribution in [-0.2, 0) is 19.9 Å². The van der Waals surface area contributed by atoms with Crippen LogP contribution in [0.3, 0.4) is 0 Å². The summed E-state index contributed by atoms with van der Waals surface area (Å²) in [6, 6.07) is 1.60. The van der Waals surface area contributed by atoms with E-state index in [0.717, 1.165) is 18.6 Å². The van der Waals surface area contributed by atoms with Gasteiger partial charge in [-0.2, -0.15) is 0 Å². The van der Waals surface area contributed by atoms with Crippen molar-refractivity contribution in [2.24, 2.45) is 7.05 Å². The molecule has 2 aromatic rings. The highest BCUT2D eigenvalue weighted by atomic mass is 35.5. The molecule has 1 heterocycles. The summed E-state index contributed by atoms with van der Waals surface area (Å²) in [5.74, 6) is -2.58. The van der Waals surface area contributed by atoms with Crippen LogP contribution < -0.4 is 16.4 Å². The van der Waals surface area contributed by atoms with Gasteiger partial charge in [0, 0.05) is 23.9 Å². The number of aromatic carboxylic acids is 1. The highest BCUT2D eigenvalue weighted by Crippen LogP contribution is 2.23. The van der Waals surface area contributed by atoms with E-state index in [1.165, 1.54) is 11.6 Å². The molecule has 0 spiro atoms. The number of halogens is 2. The van der Waals surface area contributed by atoms with Crippen molar-refractivity contribution in [2.45, 2.75) is 19.3 Å². The Morgan fingerprint density at radius 3 is 2.65 bits per heavy atom. The van der Waals surface area contributed by atoms with Gasteiger partial charge < -0.3 is 14.5 Å². The predicted octanol–water partition coefficient (Wildman–Crippen LogP) is 0.181. The fraction of sp³-hybridized carbons (Fsp3) is 0.267. The van der Waals surface area contributed by atoms with Crippen molar-refractivity contribution in [3.63, 3.8) is 0 Å². The zero-order chi connectivity index (χ0) is 16.9. The molecule has 0 atom stereocenters. The van der Waals surface area contributed by atoms with Crippen molar-refractivity contribution in [3.8, 4) is 5.69 Å². The highest BCUT2D eigenvalue weighted by molar-refractivity contribution is 6.33. The molecule has 0 N–H and O–H groups in total. The standard InChI is InChI=1S/C15H12ClFN2O4/c1-18-11-4-2-3-7(11)13(20)19(15(18)23)12-5-8(14(21)22)9(16)6-10(12)17/h5-6H,2-4H2,1H3,(H,21,22)/p-1. The number of benzene rings is 1. The van der Waals surface area contributed by atoms with E-state index >= 15 is 0 Å². The molecular formula is C15H11ClFN2O4-. The van der Waals surface area contributed by atoms with Crippen LogP contribution in [0, 0.1) is 5.82 Å². The van der Waals surface area contributed by atoms with Gasteiger partial charge in [-0.1, -0.05) is 11.6 Å². The molecule has 1 aromatic heterocycles. The second-order valence-electron chi connectivity index (χ2n) is 5.33. The van der Waals surface area contributed by atoms with Gasteiger partial charge in [0.1, 0.15) is 5.82 Å². The van der Waals surface area contributed by atoms with Crippen LogP contribution in [0.15, 0.2) is 21.7 Å². The van der Waals surface area contributed by atoms with Crippen LogP contribution in [0.25, 0.3) is 5.69 Å². The van der Waals surface area contributed by atoms with Crippen LogP contribution >= 0.6 is 11.6 Å². The van der Waals surface area contributed by atoms with Crippen LogP contribution in [0.1, 0.15) is 28.0 Å². The minimum atomic E-state index is -1.62. The monoisotopic (exact) mass is 337 g/mol. The van der Waals surface area contributed by atoms with Crippen molar-refractivity contribution < 1.29 is 14.3 Å². The summed E-state index contributed by atoms with van der Waals surface area (Å²) >= 11 is 5.66. The maximum Gasteiger partial charge on any atom is 0.335 e. The summed E-state index contributed by atoms with van der Waals surface area (Å²) in [7, 11) is 1.50.